The number of sulfonamides is 1. The van der Waals surface area contributed by atoms with Gasteiger partial charge in [0, 0.05) is 11.8 Å². The Hall–Kier alpha value is -1.57. The van der Waals surface area contributed by atoms with E-state index in [0.29, 0.717) is 5.92 Å². The summed E-state index contributed by atoms with van der Waals surface area (Å²) in [6.45, 7) is 3.97. The van der Waals surface area contributed by atoms with E-state index in [2.05, 4.69) is 10.9 Å². The maximum Gasteiger partial charge on any atom is 0.269 e. The van der Waals surface area contributed by atoms with Crippen molar-refractivity contribution in [3.05, 3.63) is 41.1 Å². The SMILES string of the molecule is CC(C)/C=C\NNC(=O)c1ccc(Cl)c(S(N)(=O)=O)c1. The zero-order valence-electron chi connectivity index (χ0n) is 11.1. The Kier molecular flexibility index (Phi) is 5.55. The molecule has 0 saturated carbocycles. The average Bonchev–Trinajstić information content (AvgIpc) is 2.33. The lowest BCUT2D eigenvalue weighted by Gasteiger charge is -2.07. The molecular weight excluding hydrogens is 302 g/mol. The van der Waals surface area contributed by atoms with Crippen LogP contribution >= 0.6 is 11.6 Å². The Morgan fingerprint density at radius 3 is 2.60 bits per heavy atom. The van der Waals surface area contributed by atoms with Gasteiger partial charge in [-0.25, -0.2) is 13.6 Å². The standard InChI is InChI=1S/C12H16ClN3O3S/c1-8(2)5-6-15-16-12(17)9-3-4-10(13)11(7-9)20(14,18)19/h3-8,15H,1-2H3,(H,16,17)(H2,14,18,19)/b6-5-. The van der Waals surface area contributed by atoms with Crippen molar-refractivity contribution in [1.82, 2.24) is 10.9 Å². The molecule has 0 saturated heterocycles. The third-order valence-corrected chi connectivity index (χ3v) is 3.64. The topological polar surface area (TPSA) is 101 Å². The summed E-state index contributed by atoms with van der Waals surface area (Å²) in [7, 11) is -3.97. The van der Waals surface area contributed by atoms with Crippen LogP contribution in [0, 0.1) is 5.92 Å². The van der Waals surface area contributed by atoms with Crippen molar-refractivity contribution in [1.29, 1.82) is 0 Å². The van der Waals surface area contributed by atoms with E-state index < -0.39 is 15.9 Å². The Morgan fingerprint density at radius 2 is 2.05 bits per heavy atom. The highest BCUT2D eigenvalue weighted by molar-refractivity contribution is 7.89. The number of hydrazine groups is 1. The number of amides is 1. The minimum Gasteiger partial charge on any atom is -0.306 e. The normalized spacial score (nSPS) is 11.8. The minimum atomic E-state index is -3.97. The molecule has 1 aromatic rings. The van der Waals surface area contributed by atoms with Gasteiger partial charge in [-0.15, -0.1) is 0 Å². The van der Waals surface area contributed by atoms with E-state index in [9.17, 15) is 13.2 Å². The lowest BCUT2D eigenvalue weighted by Crippen LogP contribution is -2.33. The van der Waals surface area contributed by atoms with Gasteiger partial charge in [0.15, 0.2) is 0 Å². The molecule has 0 aliphatic rings. The van der Waals surface area contributed by atoms with Crippen LogP contribution < -0.4 is 16.0 Å². The molecule has 1 amide bonds. The second-order valence-corrected chi connectivity index (χ2v) is 6.33. The fourth-order valence-electron chi connectivity index (χ4n) is 1.28. The third-order valence-electron chi connectivity index (χ3n) is 2.25. The molecule has 110 valence electrons. The lowest BCUT2D eigenvalue weighted by molar-refractivity contribution is 0.0940. The molecule has 0 aliphatic heterocycles. The van der Waals surface area contributed by atoms with Gasteiger partial charge in [-0.2, -0.15) is 0 Å². The van der Waals surface area contributed by atoms with Crippen molar-refractivity contribution in [2.75, 3.05) is 0 Å². The quantitative estimate of drug-likeness (QED) is 0.714. The molecule has 0 aromatic heterocycles. The Balaban J connectivity index is 2.85. The zero-order valence-corrected chi connectivity index (χ0v) is 12.6. The molecule has 0 spiro atoms. The predicted octanol–water partition coefficient (Wildman–Crippen LogP) is 1.39. The van der Waals surface area contributed by atoms with Crippen molar-refractivity contribution in [3.63, 3.8) is 0 Å². The van der Waals surface area contributed by atoms with E-state index in [0.717, 1.165) is 6.07 Å². The summed E-state index contributed by atoms with van der Waals surface area (Å²) < 4.78 is 22.6. The summed E-state index contributed by atoms with van der Waals surface area (Å²) in [5, 5.41) is 4.98. The van der Waals surface area contributed by atoms with Crippen LogP contribution in [0.15, 0.2) is 35.4 Å². The predicted molar refractivity (Wildman–Crippen MR) is 77.4 cm³/mol. The van der Waals surface area contributed by atoms with Crippen LogP contribution in [0.25, 0.3) is 0 Å². The smallest absolute Gasteiger partial charge is 0.269 e. The largest absolute Gasteiger partial charge is 0.306 e. The average molecular weight is 318 g/mol. The van der Waals surface area contributed by atoms with Crippen LogP contribution in [0.3, 0.4) is 0 Å². The molecule has 0 atom stereocenters. The molecule has 20 heavy (non-hydrogen) atoms. The first-order valence-corrected chi connectivity index (χ1v) is 7.69. The zero-order chi connectivity index (χ0) is 15.3. The first-order valence-electron chi connectivity index (χ1n) is 5.76. The van der Waals surface area contributed by atoms with Crippen molar-refractivity contribution in [2.24, 2.45) is 11.1 Å². The molecule has 0 heterocycles. The van der Waals surface area contributed by atoms with Gasteiger partial charge in [-0.05, 0) is 24.1 Å². The van der Waals surface area contributed by atoms with Crippen molar-refractivity contribution in [2.45, 2.75) is 18.7 Å². The van der Waals surface area contributed by atoms with Crippen LogP contribution in [-0.4, -0.2) is 14.3 Å². The number of halogens is 1. The Labute approximate surface area is 123 Å². The number of carbonyl (C=O) groups is 1. The van der Waals surface area contributed by atoms with Gasteiger partial charge in [-0.1, -0.05) is 31.5 Å². The number of allylic oxidation sites excluding steroid dienone is 1. The number of hydrogen-bond acceptors (Lipinski definition) is 4. The number of nitrogens with two attached hydrogens (primary N) is 1. The van der Waals surface area contributed by atoms with Gasteiger partial charge in [0.1, 0.15) is 4.90 Å². The maximum absolute atomic E-state index is 11.8. The molecule has 4 N–H and O–H groups in total. The van der Waals surface area contributed by atoms with Crippen LogP contribution in [0.5, 0.6) is 0 Å². The third kappa shape index (κ3) is 4.84. The number of rotatable bonds is 5. The van der Waals surface area contributed by atoms with Crippen LogP contribution in [0.1, 0.15) is 24.2 Å². The summed E-state index contributed by atoms with van der Waals surface area (Å²) in [4.78, 5) is 11.5. The molecule has 0 radical (unpaired) electrons. The molecule has 1 aromatic carbocycles. The van der Waals surface area contributed by atoms with Crippen molar-refractivity contribution < 1.29 is 13.2 Å². The number of benzene rings is 1. The van der Waals surface area contributed by atoms with Crippen LogP contribution in [0.2, 0.25) is 5.02 Å². The number of hydrogen-bond donors (Lipinski definition) is 3. The van der Waals surface area contributed by atoms with Crippen LogP contribution in [-0.2, 0) is 10.0 Å². The minimum absolute atomic E-state index is 0.0308. The first-order chi connectivity index (χ1) is 9.21. The van der Waals surface area contributed by atoms with E-state index in [1.165, 1.54) is 12.1 Å². The van der Waals surface area contributed by atoms with Crippen LogP contribution in [0.4, 0.5) is 0 Å². The maximum atomic E-state index is 11.8. The number of carbonyl (C=O) groups excluding carboxylic acids is 1. The Bertz CT molecular complexity index is 627. The summed E-state index contributed by atoms with van der Waals surface area (Å²) in [6.07, 6.45) is 3.43. The van der Waals surface area contributed by atoms with Gasteiger partial charge in [0.2, 0.25) is 10.0 Å². The fourth-order valence-corrected chi connectivity index (χ4v) is 2.35. The molecule has 0 fully saturated rings. The molecule has 0 bridgehead atoms. The second-order valence-electron chi connectivity index (χ2n) is 4.39. The summed E-state index contributed by atoms with van der Waals surface area (Å²) in [5.41, 5.74) is 5.12. The highest BCUT2D eigenvalue weighted by Gasteiger charge is 2.16. The van der Waals surface area contributed by atoms with E-state index in [4.69, 9.17) is 16.7 Å². The van der Waals surface area contributed by atoms with E-state index in [1.54, 1.807) is 6.20 Å². The molecular formula is C12H16ClN3O3S. The van der Waals surface area contributed by atoms with Gasteiger partial charge in [-0.3, -0.25) is 10.2 Å². The van der Waals surface area contributed by atoms with Crippen molar-refractivity contribution >= 4 is 27.5 Å². The molecule has 8 heteroatoms. The van der Waals surface area contributed by atoms with Gasteiger partial charge in [0.25, 0.3) is 5.91 Å². The molecule has 6 nitrogen and oxygen atoms in total. The molecule has 0 unspecified atom stereocenters. The van der Waals surface area contributed by atoms with E-state index >= 15 is 0 Å². The highest BCUT2D eigenvalue weighted by Crippen LogP contribution is 2.21. The van der Waals surface area contributed by atoms with Gasteiger partial charge < -0.3 is 5.43 Å². The molecule has 0 aliphatic carbocycles. The number of nitrogens with one attached hydrogen (secondary N) is 2. The number of primary sulfonamides is 1. The van der Waals surface area contributed by atoms with Gasteiger partial charge in [0.05, 0.1) is 5.02 Å². The molecule has 1 rings (SSSR count). The monoisotopic (exact) mass is 317 g/mol. The summed E-state index contributed by atoms with van der Waals surface area (Å²) in [6, 6.07) is 3.83. The first kappa shape index (κ1) is 16.5. The lowest BCUT2D eigenvalue weighted by atomic mass is 10.2. The fraction of sp³-hybridized carbons (Fsp3) is 0.250. The highest BCUT2D eigenvalue weighted by atomic mass is 35.5. The van der Waals surface area contributed by atoms with E-state index in [1.807, 2.05) is 19.9 Å². The van der Waals surface area contributed by atoms with E-state index in [-0.39, 0.29) is 15.5 Å². The Morgan fingerprint density at radius 1 is 1.40 bits per heavy atom. The van der Waals surface area contributed by atoms with Crippen molar-refractivity contribution in [3.8, 4) is 0 Å². The summed E-state index contributed by atoms with van der Waals surface area (Å²) in [5.74, 6) is -0.163. The van der Waals surface area contributed by atoms with Gasteiger partial charge >= 0.3 is 0 Å². The summed E-state index contributed by atoms with van der Waals surface area (Å²) >= 11 is 5.73. The second kappa shape index (κ2) is 6.74.